The van der Waals surface area contributed by atoms with Crippen molar-refractivity contribution in [1.29, 1.82) is 0 Å². The molecule has 0 saturated carbocycles. The Labute approximate surface area is 94.4 Å². The van der Waals surface area contributed by atoms with E-state index in [4.69, 9.17) is 5.73 Å². The number of sulfone groups is 1. The third-order valence-corrected chi connectivity index (χ3v) is 4.45. The zero-order valence-corrected chi connectivity index (χ0v) is 9.84. The molecule has 0 unspecified atom stereocenters. The third kappa shape index (κ3) is 1.72. The second-order valence-electron chi connectivity index (χ2n) is 3.73. The number of nitrogens with two attached hydrogens (primary N) is 1. The van der Waals surface area contributed by atoms with E-state index >= 15 is 0 Å². The van der Waals surface area contributed by atoms with Crippen LogP contribution in [0.2, 0.25) is 0 Å². The molecule has 4 nitrogen and oxygen atoms in total. The molecule has 0 spiro atoms. The Bertz CT molecular complexity index is 614. The Morgan fingerprint density at radius 3 is 2.69 bits per heavy atom. The Morgan fingerprint density at radius 1 is 1.31 bits per heavy atom. The van der Waals surface area contributed by atoms with Crippen molar-refractivity contribution < 1.29 is 8.42 Å². The van der Waals surface area contributed by atoms with Crippen LogP contribution in [0.15, 0.2) is 29.2 Å². The van der Waals surface area contributed by atoms with Crippen LogP contribution in [0.1, 0.15) is 5.69 Å². The van der Waals surface area contributed by atoms with Gasteiger partial charge in [-0.1, -0.05) is 18.2 Å². The first kappa shape index (κ1) is 11.2. The topological polar surface area (TPSA) is 76.0 Å². The molecule has 2 rings (SSSR count). The van der Waals surface area contributed by atoms with Gasteiger partial charge in [0.25, 0.3) is 0 Å². The number of nitrogens with one attached hydrogen (secondary N) is 1. The van der Waals surface area contributed by atoms with E-state index in [0.717, 1.165) is 10.9 Å². The summed E-state index contributed by atoms with van der Waals surface area (Å²) in [5.74, 6) is -0.0182. The van der Waals surface area contributed by atoms with Crippen LogP contribution in [0.3, 0.4) is 0 Å². The van der Waals surface area contributed by atoms with E-state index in [2.05, 4.69) is 4.98 Å². The zero-order chi connectivity index (χ0) is 11.8. The number of hydrogen-bond acceptors (Lipinski definition) is 3. The number of rotatable bonds is 3. The SMILES string of the molecule is Cc1[nH]c2ccccc2c1S(=O)(=O)CCN. The van der Waals surface area contributed by atoms with E-state index in [1.54, 1.807) is 6.92 Å². The van der Waals surface area contributed by atoms with Crippen LogP contribution in [0, 0.1) is 6.92 Å². The van der Waals surface area contributed by atoms with Gasteiger partial charge >= 0.3 is 0 Å². The molecule has 86 valence electrons. The minimum absolute atomic E-state index is 0.0182. The number of benzene rings is 1. The first-order valence-electron chi connectivity index (χ1n) is 5.06. The molecule has 1 aromatic heterocycles. The van der Waals surface area contributed by atoms with E-state index in [0.29, 0.717) is 10.6 Å². The number of aromatic nitrogens is 1. The lowest BCUT2D eigenvalue weighted by molar-refractivity contribution is 0.596. The summed E-state index contributed by atoms with van der Waals surface area (Å²) in [7, 11) is -3.28. The molecule has 1 aromatic carbocycles. The van der Waals surface area contributed by atoms with Gasteiger partial charge in [-0.05, 0) is 13.0 Å². The number of fused-ring (bicyclic) bond motifs is 1. The number of para-hydroxylation sites is 1. The van der Waals surface area contributed by atoms with Crippen LogP contribution in [0.5, 0.6) is 0 Å². The maximum atomic E-state index is 12.0. The molecule has 5 heteroatoms. The van der Waals surface area contributed by atoms with Gasteiger partial charge in [-0.3, -0.25) is 0 Å². The number of aromatic amines is 1. The Balaban J connectivity index is 2.73. The second-order valence-corrected chi connectivity index (χ2v) is 5.78. The predicted octanol–water partition coefficient (Wildman–Crippen LogP) is 1.21. The van der Waals surface area contributed by atoms with Crippen LogP contribution < -0.4 is 5.73 Å². The molecule has 16 heavy (non-hydrogen) atoms. The standard InChI is InChI=1S/C11H14N2O2S/c1-8-11(16(14,15)7-6-12)9-4-2-3-5-10(9)13-8/h2-5,13H,6-7,12H2,1H3. The summed E-state index contributed by atoms with van der Waals surface area (Å²) in [6.45, 7) is 1.91. The fourth-order valence-corrected chi connectivity index (χ4v) is 3.45. The van der Waals surface area contributed by atoms with Crippen molar-refractivity contribution in [2.75, 3.05) is 12.3 Å². The van der Waals surface area contributed by atoms with Crippen LogP contribution in [-0.4, -0.2) is 25.7 Å². The number of H-pyrrole nitrogens is 1. The Kier molecular flexibility index (Phi) is 2.73. The quantitative estimate of drug-likeness (QED) is 0.843. The molecule has 0 fully saturated rings. The number of aryl methyl sites for hydroxylation is 1. The fourth-order valence-electron chi connectivity index (χ4n) is 1.91. The normalized spacial score (nSPS) is 12.1. The van der Waals surface area contributed by atoms with Crippen LogP contribution in [0.25, 0.3) is 10.9 Å². The maximum absolute atomic E-state index is 12.0. The van der Waals surface area contributed by atoms with Crippen molar-refractivity contribution in [3.05, 3.63) is 30.0 Å². The average molecular weight is 238 g/mol. The monoisotopic (exact) mass is 238 g/mol. The summed E-state index contributed by atoms with van der Waals surface area (Å²) < 4.78 is 24.1. The van der Waals surface area contributed by atoms with E-state index in [1.165, 1.54) is 0 Å². The van der Waals surface area contributed by atoms with E-state index in [9.17, 15) is 8.42 Å². The van der Waals surface area contributed by atoms with Crippen molar-refractivity contribution in [3.63, 3.8) is 0 Å². The highest BCUT2D eigenvalue weighted by Gasteiger charge is 2.21. The van der Waals surface area contributed by atoms with Gasteiger partial charge < -0.3 is 10.7 Å². The summed E-state index contributed by atoms with van der Waals surface area (Å²) in [5.41, 5.74) is 6.84. The highest BCUT2D eigenvalue weighted by Crippen LogP contribution is 2.26. The van der Waals surface area contributed by atoms with Gasteiger partial charge in [-0.15, -0.1) is 0 Å². The Morgan fingerprint density at radius 2 is 2.00 bits per heavy atom. The van der Waals surface area contributed by atoms with Crippen molar-refractivity contribution >= 4 is 20.7 Å². The van der Waals surface area contributed by atoms with Crippen molar-refractivity contribution in [2.45, 2.75) is 11.8 Å². The average Bonchev–Trinajstić information content (AvgIpc) is 2.53. The van der Waals surface area contributed by atoms with Crippen LogP contribution in [-0.2, 0) is 9.84 Å². The highest BCUT2D eigenvalue weighted by atomic mass is 32.2. The molecule has 0 aliphatic heterocycles. The van der Waals surface area contributed by atoms with Gasteiger partial charge in [-0.25, -0.2) is 8.42 Å². The third-order valence-electron chi connectivity index (χ3n) is 2.53. The zero-order valence-electron chi connectivity index (χ0n) is 9.03. The lowest BCUT2D eigenvalue weighted by Gasteiger charge is -2.02. The second kappa shape index (κ2) is 3.92. The highest BCUT2D eigenvalue weighted by molar-refractivity contribution is 7.91. The first-order chi connectivity index (χ1) is 7.56. The van der Waals surface area contributed by atoms with Gasteiger partial charge in [0.1, 0.15) is 0 Å². The van der Waals surface area contributed by atoms with Gasteiger partial charge in [-0.2, -0.15) is 0 Å². The summed E-state index contributed by atoms with van der Waals surface area (Å²) in [4.78, 5) is 3.45. The molecular formula is C11H14N2O2S. The lowest BCUT2D eigenvalue weighted by Crippen LogP contribution is -2.16. The molecule has 0 radical (unpaired) electrons. The van der Waals surface area contributed by atoms with Gasteiger partial charge in [0, 0.05) is 23.1 Å². The van der Waals surface area contributed by atoms with Gasteiger partial charge in [0.05, 0.1) is 10.6 Å². The minimum atomic E-state index is -3.28. The maximum Gasteiger partial charge on any atom is 0.181 e. The van der Waals surface area contributed by atoms with Crippen LogP contribution in [0.4, 0.5) is 0 Å². The molecular weight excluding hydrogens is 224 g/mol. The van der Waals surface area contributed by atoms with Crippen molar-refractivity contribution in [2.24, 2.45) is 5.73 Å². The van der Waals surface area contributed by atoms with Crippen molar-refractivity contribution in [1.82, 2.24) is 4.98 Å². The van der Waals surface area contributed by atoms with Gasteiger partial charge in [0.2, 0.25) is 0 Å². The number of hydrogen-bond donors (Lipinski definition) is 2. The molecule has 0 amide bonds. The fraction of sp³-hybridized carbons (Fsp3) is 0.273. The minimum Gasteiger partial charge on any atom is -0.358 e. The molecule has 0 atom stereocenters. The summed E-state index contributed by atoms with van der Waals surface area (Å²) in [5, 5.41) is 0.744. The van der Waals surface area contributed by atoms with Gasteiger partial charge in [0.15, 0.2) is 9.84 Å². The predicted molar refractivity (Wildman–Crippen MR) is 64.1 cm³/mol. The van der Waals surface area contributed by atoms with E-state index in [1.807, 2.05) is 24.3 Å². The van der Waals surface area contributed by atoms with E-state index < -0.39 is 9.84 Å². The largest absolute Gasteiger partial charge is 0.358 e. The van der Waals surface area contributed by atoms with Crippen molar-refractivity contribution in [3.8, 4) is 0 Å². The van der Waals surface area contributed by atoms with E-state index in [-0.39, 0.29) is 12.3 Å². The molecule has 3 N–H and O–H groups in total. The molecule has 0 bridgehead atoms. The molecule has 1 heterocycles. The molecule has 0 saturated heterocycles. The van der Waals surface area contributed by atoms with Crippen LogP contribution >= 0.6 is 0 Å². The summed E-state index contributed by atoms with van der Waals surface area (Å²) >= 11 is 0. The molecule has 0 aliphatic rings. The molecule has 0 aliphatic carbocycles. The first-order valence-corrected chi connectivity index (χ1v) is 6.71. The summed E-state index contributed by atoms with van der Waals surface area (Å²) in [6.07, 6.45) is 0. The molecule has 2 aromatic rings. The smallest absolute Gasteiger partial charge is 0.181 e. The Hall–Kier alpha value is -1.33. The summed E-state index contributed by atoms with van der Waals surface area (Å²) in [6, 6.07) is 7.38. The lowest BCUT2D eigenvalue weighted by atomic mass is 10.2.